The number of anilines is 1. The summed E-state index contributed by atoms with van der Waals surface area (Å²) in [7, 11) is -4.15. The second-order valence-electron chi connectivity index (χ2n) is 3.74. The molecule has 5 nitrogen and oxygen atoms in total. The summed E-state index contributed by atoms with van der Waals surface area (Å²) in [6.45, 7) is 0. The van der Waals surface area contributed by atoms with Crippen molar-refractivity contribution in [3.63, 3.8) is 0 Å². The number of rotatable bonds is 3. The van der Waals surface area contributed by atoms with E-state index in [1.54, 1.807) is 0 Å². The van der Waals surface area contributed by atoms with Gasteiger partial charge in [-0.05, 0) is 18.2 Å². The summed E-state index contributed by atoms with van der Waals surface area (Å²) >= 11 is 5.52. The highest BCUT2D eigenvalue weighted by Gasteiger charge is 2.18. The number of halogens is 3. The topological polar surface area (TPSA) is 79.0 Å². The van der Waals surface area contributed by atoms with Crippen LogP contribution in [-0.4, -0.2) is 13.4 Å². The van der Waals surface area contributed by atoms with E-state index in [1.165, 1.54) is 0 Å². The van der Waals surface area contributed by atoms with Crippen LogP contribution in [0.5, 0.6) is 0 Å². The van der Waals surface area contributed by atoms with Gasteiger partial charge in [0.1, 0.15) is 21.6 Å². The zero-order valence-corrected chi connectivity index (χ0v) is 11.2. The predicted octanol–water partition coefficient (Wildman–Crippen LogP) is 2.11. The molecule has 9 heteroatoms. The minimum absolute atomic E-state index is 0.326. The lowest BCUT2D eigenvalue weighted by Gasteiger charge is -2.08. The number of hydrogen-bond acceptors (Lipinski definition) is 3. The van der Waals surface area contributed by atoms with Crippen LogP contribution in [0.1, 0.15) is 0 Å². The number of hydrogen-bond donors (Lipinski definition) is 2. The van der Waals surface area contributed by atoms with Crippen molar-refractivity contribution in [2.75, 3.05) is 4.72 Å². The monoisotopic (exact) mass is 320 g/mol. The zero-order chi connectivity index (χ0) is 14.9. The van der Waals surface area contributed by atoms with Gasteiger partial charge in [0.05, 0.1) is 5.69 Å². The first-order valence-electron chi connectivity index (χ1n) is 5.16. The Morgan fingerprint density at radius 2 is 1.90 bits per heavy atom. The molecule has 1 aromatic carbocycles. The fraction of sp³-hybridized carbons (Fsp3) is 0. The molecule has 0 unspecified atom stereocenters. The molecule has 2 N–H and O–H groups in total. The smallest absolute Gasteiger partial charge is 0.266 e. The van der Waals surface area contributed by atoms with Crippen molar-refractivity contribution in [1.29, 1.82) is 0 Å². The van der Waals surface area contributed by atoms with E-state index in [0.717, 1.165) is 24.4 Å². The van der Waals surface area contributed by atoms with Gasteiger partial charge < -0.3 is 4.98 Å². The molecule has 106 valence electrons. The third-order valence-corrected chi connectivity index (χ3v) is 3.94. The molecule has 0 aliphatic rings. The largest absolute Gasteiger partial charge is 0.326 e. The Hall–Kier alpha value is -1.93. The van der Waals surface area contributed by atoms with Gasteiger partial charge in [0, 0.05) is 12.3 Å². The average molecular weight is 321 g/mol. The van der Waals surface area contributed by atoms with Crippen LogP contribution in [0.2, 0.25) is 5.02 Å². The molecule has 0 amide bonds. The molecule has 1 heterocycles. The van der Waals surface area contributed by atoms with E-state index in [0.29, 0.717) is 6.07 Å². The summed E-state index contributed by atoms with van der Waals surface area (Å²) in [5.74, 6) is -1.90. The van der Waals surface area contributed by atoms with Gasteiger partial charge in [0.15, 0.2) is 0 Å². The van der Waals surface area contributed by atoms with E-state index in [-0.39, 0.29) is 9.92 Å². The first-order chi connectivity index (χ1) is 9.29. The van der Waals surface area contributed by atoms with Gasteiger partial charge in [-0.2, -0.15) is 0 Å². The Bertz CT molecular complexity index is 821. The Morgan fingerprint density at radius 1 is 1.20 bits per heavy atom. The third kappa shape index (κ3) is 2.97. The van der Waals surface area contributed by atoms with Crippen molar-refractivity contribution in [2.24, 2.45) is 0 Å². The first-order valence-corrected chi connectivity index (χ1v) is 7.02. The van der Waals surface area contributed by atoms with Crippen LogP contribution in [-0.2, 0) is 10.0 Å². The highest BCUT2D eigenvalue weighted by atomic mass is 35.5. The Labute approximate surface area is 117 Å². The number of benzene rings is 1. The second-order valence-corrected chi connectivity index (χ2v) is 5.83. The van der Waals surface area contributed by atoms with Gasteiger partial charge >= 0.3 is 0 Å². The maximum Gasteiger partial charge on any atom is 0.266 e. The van der Waals surface area contributed by atoms with E-state index in [1.807, 2.05) is 4.72 Å². The number of aromatic amines is 1. The molecule has 0 fully saturated rings. The number of nitrogens with one attached hydrogen (secondary N) is 2. The molecule has 0 spiro atoms. The van der Waals surface area contributed by atoms with Crippen molar-refractivity contribution in [2.45, 2.75) is 4.90 Å². The summed E-state index contributed by atoms with van der Waals surface area (Å²) < 4.78 is 51.9. The molecule has 2 aromatic rings. The van der Waals surface area contributed by atoms with Crippen LogP contribution in [0.25, 0.3) is 0 Å². The van der Waals surface area contributed by atoms with E-state index in [2.05, 4.69) is 4.98 Å². The number of pyridine rings is 1. The number of H-pyrrole nitrogens is 1. The van der Waals surface area contributed by atoms with Crippen molar-refractivity contribution in [3.05, 3.63) is 57.5 Å². The van der Waals surface area contributed by atoms with Crippen LogP contribution in [0.3, 0.4) is 0 Å². The average Bonchev–Trinajstić information content (AvgIpc) is 2.36. The normalized spacial score (nSPS) is 11.3. The maximum absolute atomic E-state index is 13.4. The van der Waals surface area contributed by atoms with Gasteiger partial charge in [-0.15, -0.1) is 0 Å². The van der Waals surface area contributed by atoms with Gasteiger partial charge in [0.25, 0.3) is 15.6 Å². The molecule has 0 aliphatic heterocycles. The maximum atomic E-state index is 13.4. The van der Waals surface area contributed by atoms with Gasteiger partial charge in [0.2, 0.25) is 0 Å². The lowest BCUT2D eigenvalue weighted by molar-refractivity contribution is 0.582. The fourth-order valence-corrected chi connectivity index (χ4v) is 2.67. The molecule has 1 aromatic heterocycles. The van der Waals surface area contributed by atoms with Crippen LogP contribution >= 0.6 is 11.6 Å². The lowest BCUT2D eigenvalue weighted by Crippen LogP contribution is -2.16. The van der Waals surface area contributed by atoms with Gasteiger partial charge in [-0.3, -0.25) is 9.52 Å². The third-order valence-electron chi connectivity index (χ3n) is 2.32. The van der Waals surface area contributed by atoms with Crippen molar-refractivity contribution in [1.82, 2.24) is 4.98 Å². The van der Waals surface area contributed by atoms with Crippen LogP contribution < -0.4 is 10.3 Å². The summed E-state index contributed by atoms with van der Waals surface area (Å²) in [6.07, 6.45) is 0.915. The van der Waals surface area contributed by atoms with E-state index >= 15 is 0 Å². The molecular weight excluding hydrogens is 314 g/mol. The van der Waals surface area contributed by atoms with Crippen molar-refractivity contribution < 1.29 is 17.2 Å². The standard InChI is InChI=1S/C11H7ClF2N2O3S/c12-8-4-7(5-15-11(8)17)20(18,19)16-10-2-1-6(13)3-9(10)14/h1-5,16H,(H,15,17). The fourth-order valence-electron chi connectivity index (χ4n) is 1.37. The number of sulfonamides is 1. The molecule has 0 atom stereocenters. The molecule has 0 radical (unpaired) electrons. The minimum atomic E-state index is -4.15. The van der Waals surface area contributed by atoms with Crippen molar-refractivity contribution in [3.8, 4) is 0 Å². The summed E-state index contributed by atoms with van der Waals surface area (Å²) in [4.78, 5) is 12.8. The van der Waals surface area contributed by atoms with E-state index < -0.39 is 32.9 Å². The number of aromatic nitrogens is 1. The molecule has 2 rings (SSSR count). The molecule has 0 aliphatic carbocycles. The summed E-state index contributed by atoms with van der Waals surface area (Å²) in [5.41, 5.74) is -1.08. The second kappa shape index (κ2) is 5.22. The highest BCUT2D eigenvalue weighted by Crippen LogP contribution is 2.20. The quantitative estimate of drug-likeness (QED) is 0.909. The molecule has 0 saturated heterocycles. The SMILES string of the molecule is O=c1[nH]cc(S(=O)(=O)Nc2ccc(F)cc2F)cc1Cl. The molecular formula is C11H7ClF2N2O3S. The Morgan fingerprint density at radius 3 is 2.50 bits per heavy atom. The zero-order valence-electron chi connectivity index (χ0n) is 9.65. The molecule has 20 heavy (non-hydrogen) atoms. The van der Waals surface area contributed by atoms with E-state index in [9.17, 15) is 22.0 Å². The van der Waals surface area contributed by atoms with Crippen molar-refractivity contribution >= 4 is 27.3 Å². The predicted molar refractivity (Wildman–Crippen MR) is 69.2 cm³/mol. The van der Waals surface area contributed by atoms with Crippen LogP contribution in [0.4, 0.5) is 14.5 Å². The highest BCUT2D eigenvalue weighted by molar-refractivity contribution is 7.92. The van der Waals surface area contributed by atoms with E-state index in [4.69, 9.17) is 11.6 Å². The van der Waals surface area contributed by atoms with Crippen LogP contribution in [0, 0.1) is 11.6 Å². The van der Waals surface area contributed by atoms with Gasteiger partial charge in [-0.25, -0.2) is 17.2 Å². The lowest BCUT2D eigenvalue weighted by atomic mass is 10.3. The Balaban J connectivity index is 2.40. The molecule has 0 saturated carbocycles. The van der Waals surface area contributed by atoms with Crippen LogP contribution in [0.15, 0.2) is 40.2 Å². The van der Waals surface area contributed by atoms with Gasteiger partial charge in [-0.1, -0.05) is 11.6 Å². The first kappa shape index (κ1) is 14.5. The summed E-state index contributed by atoms with van der Waals surface area (Å²) in [6, 6.07) is 3.30. The molecule has 0 bridgehead atoms. The summed E-state index contributed by atoms with van der Waals surface area (Å²) in [5, 5.41) is -0.326. The Kier molecular flexibility index (Phi) is 3.78. The minimum Gasteiger partial charge on any atom is -0.326 e.